The van der Waals surface area contributed by atoms with E-state index >= 15 is 0 Å². The Bertz CT molecular complexity index is 1000. The molecule has 3 aromatic rings. The number of nitrogens with zero attached hydrogens (tertiary/aromatic N) is 3. The Morgan fingerprint density at radius 3 is 2.57 bits per heavy atom. The second-order valence-electron chi connectivity index (χ2n) is 8.06. The van der Waals surface area contributed by atoms with Crippen LogP contribution in [-0.2, 0) is 6.42 Å². The summed E-state index contributed by atoms with van der Waals surface area (Å²) in [5.74, 6) is 0.160. The van der Waals surface area contributed by atoms with Crippen molar-refractivity contribution in [3.63, 3.8) is 0 Å². The van der Waals surface area contributed by atoms with E-state index in [1.807, 2.05) is 48.3 Å². The Labute approximate surface area is 165 Å². The minimum Gasteiger partial charge on any atom is -0.329 e. The fourth-order valence-electron chi connectivity index (χ4n) is 4.39. The number of carbonyl (C=O) groups is 1. The van der Waals surface area contributed by atoms with Crippen molar-refractivity contribution >= 4 is 5.91 Å². The van der Waals surface area contributed by atoms with Gasteiger partial charge in [-0.2, -0.15) is 5.10 Å². The molecule has 0 N–H and O–H groups in total. The van der Waals surface area contributed by atoms with Gasteiger partial charge in [-0.3, -0.25) is 4.79 Å². The predicted molar refractivity (Wildman–Crippen MR) is 110 cm³/mol. The molecule has 1 amide bonds. The zero-order chi connectivity index (χ0) is 19.1. The summed E-state index contributed by atoms with van der Waals surface area (Å²) in [7, 11) is 0. The third-order valence-electron chi connectivity index (χ3n) is 5.94. The van der Waals surface area contributed by atoms with Crippen molar-refractivity contribution in [2.75, 3.05) is 0 Å². The Hall–Kier alpha value is -2.88. The van der Waals surface area contributed by atoms with Crippen LogP contribution in [0.1, 0.15) is 58.8 Å². The summed E-state index contributed by atoms with van der Waals surface area (Å²) in [6.45, 7) is 2.02. The number of aromatic nitrogens is 2. The normalized spacial score (nSPS) is 18.5. The van der Waals surface area contributed by atoms with Crippen LogP contribution in [0.4, 0.5) is 0 Å². The van der Waals surface area contributed by atoms with Gasteiger partial charge in [-0.05, 0) is 80.0 Å². The molecule has 142 valence electrons. The minimum absolute atomic E-state index is 0.160. The van der Waals surface area contributed by atoms with E-state index in [2.05, 4.69) is 34.3 Å². The molecule has 0 radical (unpaired) electrons. The lowest BCUT2D eigenvalue weighted by molar-refractivity contribution is 0.0638. The van der Waals surface area contributed by atoms with Crippen LogP contribution in [0, 0.1) is 6.92 Å². The maximum atomic E-state index is 13.5. The molecule has 2 aromatic carbocycles. The summed E-state index contributed by atoms with van der Waals surface area (Å²) >= 11 is 0. The molecule has 1 saturated carbocycles. The number of benzene rings is 2. The van der Waals surface area contributed by atoms with E-state index in [1.165, 1.54) is 11.1 Å². The molecule has 0 saturated heterocycles. The summed E-state index contributed by atoms with van der Waals surface area (Å²) in [5.41, 5.74) is 5.61. The van der Waals surface area contributed by atoms with Gasteiger partial charge >= 0.3 is 0 Å². The van der Waals surface area contributed by atoms with Crippen molar-refractivity contribution in [2.24, 2.45) is 0 Å². The third kappa shape index (κ3) is 3.13. The SMILES string of the molecule is Cc1cnn(-c2ccc(C(=O)N(C3CC3)C3CCCc4ccccc43)cc2)c1. The Morgan fingerprint density at radius 2 is 1.86 bits per heavy atom. The molecule has 0 bridgehead atoms. The molecule has 4 nitrogen and oxygen atoms in total. The molecule has 1 fully saturated rings. The number of hydrogen-bond acceptors (Lipinski definition) is 2. The fraction of sp³-hybridized carbons (Fsp3) is 0.333. The number of aryl methyl sites for hydroxylation is 2. The highest BCUT2D eigenvalue weighted by Gasteiger charge is 2.39. The van der Waals surface area contributed by atoms with Crippen molar-refractivity contribution < 1.29 is 4.79 Å². The first-order valence-electron chi connectivity index (χ1n) is 10.2. The second kappa shape index (κ2) is 6.93. The zero-order valence-electron chi connectivity index (χ0n) is 16.2. The van der Waals surface area contributed by atoms with E-state index in [1.54, 1.807) is 0 Å². The van der Waals surface area contributed by atoms with Crippen molar-refractivity contribution in [1.29, 1.82) is 0 Å². The third-order valence-corrected chi connectivity index (χ3v) is 5.94. The molecule has 2 aliphatic rings. The molecule has 1 aromatic heterocycles. The van der Waals surface area contributed by atoms with Crippen LogP contribution >= 0.6 is 0 Å². The van der Waals surface area contributed by atoms with Gasteiger partial charge in [-0.25, -0.2) is 4.68 Å². The quantitative estimate of drug-likeness (QED) is 0.657. The first-order chi connectivity index (χ1) is 13.7. The standard InChI is InChI=1S/C24H25N3O/c1-17-15-25-26(16-17)20-11-9-19(10-12-20)24(28)27(21-13-14-21)23-8-4-6-18-5-2-3-7-22(18)23/h2-3,5,7,9-12,15-16,21,23H,4,6,8,13-14H2,1H3. The number of fused-ring (bicyclic) bond motifs is 1. The lowest BCUT2D eigenvalue weighted by Crippen LogP contribution is -2.38. The van der Waals surface area contributed by atoms with Crippen LogP contribution in [0.3, 0.4) is 0 Å². The molecule has 4 heteroatoms. The van der Waals surface area contributed by atoms with E-state index in [4.69, 9.17) is 0 Å². The van der Waals surface area contributed by atoms with E-state index in [-0.39, 0.29) is 11.9 Å². The maximum absolute atomic E-state index is 13.5. The molecule has 1 unspecified atom stereocenters. The molecule has 0 aliphatic heterocycles. The smallest absolute Gasteiger partial charge is 0.254 e. The summed E-state index contributed by atoms with van der Waals surface area (Å²) in [5, 5.41) is 4.35. The van der Waals surface area contributed by atoms with E-state index in [9.17, 15) is 4.79 Å². The first kappa shape index (κ1) is 17.2. The van der Waals surface area contributed by atoms with Gasteiger partial charge in [0.1, 0.15) is 0 Å². The van der Waals surface area contributed by atoms with E-state index in [0.717, 1.165) is 48.9 Å². The Morgan fingerprint density at radius 1 is 1.07 bits per heavy atom. The Balaban J connectivity index is 1.44. The highest BCUT2D eigenvalue weighted by atomic mass is 16.2. The van der Waals surface area contributed by atoms with Crippen LogP contribution in [0.25, 0.3) is 5.69 Å². The monoisotopic (exact) mass is 371 g/mol. The molecule has 1 atom stereocenters. The van der Waals surface area contributed by atoms with Crippen LogP contribution in [0.2, 0.25) is 0 Å². The topological polar surface area (TPSA) is 38.1 Å². The molecule has 5 rings (SSSR count). The second-order valence-corrected chi connectivity index (χ2v) is 8.06. The van der Waals surface area contributed by atoms with Gasteiger partial charge < -0.3 is 4.90 Å². The molecular formula is C24H25N3O. The van der Waals surface area contributed by atoms with Gasteiger partial charge in [-0.1, -0.05) is 24.3 Å². The number of amides is 1. The molecule has 0 spiro atoms. The molecule has 28 heavy (non-hydrogen) atoms. The van der Waals surface area contributed by atoms with Crippen LogP contribution < -0.4 is 0 Å². The van der Waals surface area contributed by atoms with Crippen molar-refractivity contribution in [2.45, 2.75) is 51.1 Å². The fourth-order valence-corrected chi connectivity index (χ4v) is 4.39. The summed E-state index contributed by atoms with van der Waals surface area (Å²) in [4.78, 5) is 15.7. The molecule has 2 aliphatic carbocycles. The van der Waals surface area contributed by atoms with Gasteiger partial charge in [0.2, 0.25) is 0 Å². The summed E-state index contributed by atoms with van der Waals surface area (Å²) < 4.78 is 1.85. The van der Waals surface area contributed by atoms with E-state index < -0.39 is 0 Å². The summed E-state index contributed by atoms with van der Waals surface area (Å²) in [6, 6.07) is 17.1. The lowest BCUT2D eigenvalue weighted by Gasteiger charge is -2.36. The molecule has 1 heterocycles. The van der Waals surface area contributed by atoms with Crippen LogP contribution in [-0.4, -0.2) is 26.6 Å². The first-order valence-corrected chi connectivity index (χ1v) is 10.2. The zero-order valence-corrected chi connectivity index (χ0v) is 16.2. The highest BCUT2D eigenvalue weighted by Crippen LogP contribution is 2.41. The average Bonchev–Trinajstić information content (AvgIpc) is 3.47. The van der Waals surface area contributed by atoms with E-state index in [0.29, 0.717) is 6.04 Å². The van der Waals surface area contributed by atoms with Crippen molar-refractivity contribution in [3.8, 4) is 5.69 Å². The predicted octanol–water partition coefficient (Wildman–Crippen LogP) is 4.86. The van der Waals surface area contributed by atoms with Crippen LogP contribution in [0.5, 0.6) is 0 Å². The van der Waals surface area contributed by atoms with Gasteiger partial charge in [0.05, 0.1) is 17.9 Å². The largest absolute Gasteiger partial charge is 0.329 e. The number of carbonyl (C=O) groups excluding carboxylic acids is 1. The van der Waals surface area contributed by atoms with Crippen molar-refractivity contribution in [1.82, 2.24) is 14.7 Å². The molecular weight excluding hydrogens is 346 g/mol. The van der Waals surface area contributed by atoms with Gasteiger partial charge in [-0.15, -0.1) is 0 Å². The number of rotatable bonds is 4. The number of hydrogen-bond donors (Lipinski definition) is 0. The summed E-state index contributed by atoms with van der Waals surface area (Å²) in [6.07, 6.45) is 9.40. The Kier molecular flexibility index (Phi) is 4.27. The average molecular weight is 371 g/mol. The van der Waals surface area contributed by atoms with Gasteiger partial charge in [0.25, 0.3) is 5.91 Å². The van der Waals surface area contributed by atoms with Gasteiger partial charge in [0.15, 0.2) is 0 Å². The van der Waals surface area contributed by atoms with Crippen LogP contribution in [0.15, 0.2) is 60.9 Å². The maximum Gasteiger partial charge on any atom is 0.254 e. The lowest BCUT2D eigenvalue weighted by atomic mass is 9.86. The van der Waals surface area contributed by atoms with Gasteiger partial charge in [0, 0.05) is 17.8 Å². The highest BCUT2D eigenvalue weighted by molar-refractivity contribution is 5.95. The minimum atomic E-state index is 0.160. The van der Waals surface area contributed by atoms with Crippen molar-refractivity contribution in [3.05, 3.63) is 83.2 Å².